The van der Waals surface area contributed by atoms with Gasteiger partial charge in [-0.3, -0.25) is 4.79 Å². The van der Waals surface area contributed by atoms with E-state index in [0.29, 0.717) is 24.0 Å². The highest BCUT2D eigenvalue weighted by Gasteiger charge is 2.51. The molecule has 10 atom stereocenters. The van der Waals surface area contributed by atoms with Crippen LogP contribution in [0, 0.1) is 0 Å². The van der Waals surface area contributed by atoms with Crippen LogP contribution in [-0.4, -0.2) is 169 Å². The molecule has 4 unspecified atom stereocenters. The monoisotopic (exact) mass is 569 g/mol. The van der Waals surface area contributed by atoms with E-state index in [1.165, 1.54) is 0 Å². The molecule has 0 spiro atoms. The van der Waals surface area contributed by atoms with Crippen LogP contribution >= 0.6 is 0 Å². The second-order valence-electron chi connectivity index (χ2n) is 12.1. The van der Waals surface area contributed by atoms with Crippen LogP contribution < -0.4 is 5.32 Å². The number of carbonyl (C=O) groups is 1. The van der Waals surface area contributed by atoms with Crippen molar-refractivity contribution in [2.75, 3.05) is 60.6 Å². The molecule has 0 aromatic carbocycles. The summed E-state index contributed by atoms with van der Waals surface area (Å²) in [4.78, 5) is 11.9. The predicted molar refractivity (Wildman–Crippen MR) is 136 cm³/mol. The molecule has 2 rings (SSSR count). The Hall–Kier alpha value is -0.850. The highest BCUT2D eigenvalue weighted by Crippen LogP contribution is 2.31. The topological polar surface area (TPSA) is 197 Å². The van der Waals surface area contributed by atoms with E-state index in [0.717, 1.165) is 0 Å². The van der Waals surface area contributed by atoms with E-state index in [9.17, 15) is 35.4 Å². The van der Waals surface area contributed by atoms with Gasteiger partial charge in [0.1, 0.15) is 55.4 Å². The van der Waals surface area contributed by atoms with E-state index >= 15 is 0 Å². The van der Waals surface area contributed by atoms with Crippen LogP contribution in [0.5, 0.6) is 0 Å². The van der Waals surface area contributed by atoms with Gasteiger partial charge in [0.05, 0.1) is 53.1 Å². The normalized spacial score (nSPS) is 36.2. The maximum atomic E-state index is 11.9. The SMILES string of the molecule is CC(C)(C)O[C@@H]1C(CO)O[C@H](O[C@@H]2C(CO)O[C@H](OCCCNCC(=O)C[N+](C)(C)C)C(O)[C@@H]2O)C(O)[C@@H]1O. The second kappa shape index (κ2) is 14.9. The summed E-state index contributed by atoms with van der Waals surface area (Å²) in [5.74, 6) is 0.0801. The number of hydrogen-bond acceptors (Lipinski definition) is 13. The molecule has 39 heavy (non-hydrogen) atoms. The van der Waals surface area contributed by atoms with Crippen LogP contribution in [-0.2, 0) is 28.5 Å². The first-order chi connectivity index (χ1) is 18.1. The first-order valence-corrected chi connectivity index (χ1v) is 13.3. The van der Waals surface area contributed by atoms with Gasteiger partial charge < -0.3 is 64.1 Å². The minimum atomic E-state index is -1.63. The zero-order chi connectivity index (χ0) is 29.5. The van der Waals surface area contributed by atoms with Crippen molar-refractivity contribution in [3.63, 3.8) is 0 Å². The molecule has 2 aliphatic heterocycles. The van der Waals surface area contributed by atoms with Crippen LogP contribution in [0.4, 0.5) is 0 Å². The van der Waals surface area contributed by atoms with Crippen molar-refractivity contribution in [3.8, 4) is 0 Å². The molecule has 7 N–H and O–H groups in total. The first kappa shape index (κ1) is 34.4. The Balaban J connectivity index is 1.89. The number of aliphatic hydroxyl groups excluding tert-OH is 6. The smallest absolute Gasteiger partial charge is 0.200 e. The van der Waals surface area contributed by atoms with Gasteiger partial charge in [0.15, 0.2) is 18.4 Å². The number of hydrogen-bond donors (Lipinski definition) is 7. The van der Waals surface area contributed by atoms with Gasteiger partial charge in [-0.05, 0) is 33.7 Å². The summed E-state index contributed by atoms with van der Waals surface area (Å²) >= 11 is 0. The van der Waals surface area contributed by atoms with Crippen LogP contribution in [0.25, 0.3) is 0 Å². The third-order valence-electron chi connectivity index (χ3n) is 6.18. The Morgan fingerprint density at radius 3 is 1.97 bits per heavy atom. The first-order valence-electron chi connectivity index (χ1n) is 13.3. The van der Waals surface area contributed by atoms with Crippen molar-refractivity contribution in [3.05, 3.63) is 0 Å². The molecule has 0 aliphatic carbocycles. The Morgan fingerprint density at radius 1 is 0.872 bits per heavy atom. The molecule has 0 radical (unpaired) electrons. The van der Waals surface area contributed by atoms with Crippen molar-refractivity contribution < 1.29 is 63.6 Å². The third kappa shape index (κ3) is 10.5. The van der Waals surface area contributed by atoms with Crippen molar-refractivity contribution >= 4 is 5.78 Å². The number of ketones is 1. The van der Waals surface area contributed by atoms with Gasteiger partial charge in [0.25, 0.3) is 0 Å². The van der Waals surface area contributed by atoms with E-state index < -0.39 is 80.2 Å². The Bertz CT molecular complexity index is 742. The molecular formula is C25H49N2O12+. The molecule has 14 nitrogen and oxygen atoms in total. The number of carbonyl (C=O) groups excluding carboxylic acids is 1. The lowest BCUT2D eigenvalue weighted by atomic mass is 9.96. The molecule has 2 heterocycles. The fourth-order valence-electron chi connectivity index (χ4n) is 4.44. The van der Waals surface area contributed by atoms with E-state index in [2.05, 4.69) is 5.32 Å². The lowest BCUT2D eigenvalue weighted by molar-refractivity contribution is -0.862. The molecule has 0 aromatic heterocycles. The van der Waals surface area contributed by atoms with Gasteiger partial charge in [-0.15, -0.1) is 0 Å². The van der Waals surface area contributed by atoms with Gasteiger partial charge in [-0.25, -0.2) is 0 Å². The third-order valence-corrected chi connectivity index (χ3v) is 6.18. The number of Topliss-reactive ketones (excluding diaryl/α,β-unsaturated/α-hetero) is 1. The highest BCUT2D eigenvalue weighted by molar-refractivity contribution is 5.81. The second-order valence-corrected chi connectivity index (χ2v) is 12.1. The van der Waals surface area contributed by atoms with Crippen LogP contribution in [0.2, 0.25) is 0 Å². The summed E-state index contributed by atoms with van der Waals surface area (Å²) in [5, 5.41) is 65.3. The van der Waals surface area contributed by atoms with Crippen LogP contribution in [0.3, 0.4) is 0 Å². The number of ether oxygens (including phenoxy) is 5. The van der Waals surface area contributed by atoms with Crippen molar-refractivity contribution in [2.45, 2.75) is 94.2 Å². The fourth-order valence-corrected chi connectivity index (χ4v) is 4.44. The molecule has 14 heteroatoms. The number of quaternary nitrogens is 1. The molecule has 2 fully saturated rings. The summed E-state index contributed by atoms with van der Waals surface area (Å²) in [6, 6.07) is 0. The molecule has 2 aliphatic rings. The van der Waals surface area contributed by atoms with E-state index in [1.807, 2.05) is 21.1 Å². The van der Waals surface area contributed by atoms with Crippen LogP contribution in [0.15, 0.2) is 0 Å². The summed E-state index contributed by atoms with van der Waals surface area (Å²) in [7, 11) is 5.80. The van der Waals surface area contributed by atoms with Gasteiger partial charge in [-0.2, -0.15) is 0 Å². The average molecular weight is 570 g/mol. The van der Waals surface area contributed by atoms with E-state index in [1.54, 1.807) is 20.8 Å². The predicted octanol–water partition coefficient (Wildman–Crippen LogP) is -3.30. The average Bonchev–Trinajstić information content (AvgIpc) is 2.82. The van der Waals surface area contributed by atoms with Gasteiger partial charge in [0, 0.05) is 0 Å². The lowest BCUT2D eigenvalue weighted by Crippen LogP contribution is -2.65. The van der Waals surface area contributed by atoms with E-state index in [4.69, 9.17) is 23.7 Å². The van der Waals surface area contributed by atoms with Crippen LogP contribution in [0.1, 0.15) is 27.2 Å². The Kier molecular flexibility index (Phi) is 13.1. The fraction of sp³-hybridized carbons (Fsp3) is 0.960. The summed E-state index contributed by atoms with van der Waals surface area (Å²) in [6.45, 7) is 5.33. The molecule has 0 bridgehead atoms. The lowest BCUT2D eigenvalue weighted by Gasteiger charge is -2.47. The van der Waals surface area contributed by atoms with E-state index in [-0.39, 0.29) is 18.9 Å². The van der Waals surface area contributed by atoms with Gasteiger partial charge >= 0.3 is 0 Å². The molecule has 0 amide bonds. The number of likely N-dealkylation sites (N-methyl/N-ethyl adjacent to an activating group) is 1. The highest BCUT2D eigenvalue weighted by atomic mass is 16.7. The molecule has 230 valence electrons. The minimum Gasteiger partial charge on any atom is -0.394 e. The summed E-state index contributed by atoms with van der Waals surface area (Å²) in [6.07, 6.45) is -13.2. The van der Waals surface area contributed by atoms with Crippen molar-refractivity contribution in [2.24, 2.45) is 0 Å². The minimum absolute atomic E-state index is 0.0801. The zero-order valence-corrected chi connectivity index (χ0v) is 23.8. The Morgan fingerprint density at radius 2 is 1.41 bits per heavy atom. The summed E-state index contributed by atoms with van der Waals surface area (Å²) < 4.78 is 28.8. The van der Waals surface area contributed by atoms with Gasteiger partial charge in [0.2, 0.25) is 0 Å². The zero-order valence-electron chi connectivity index (χ0n) is 23.8. The standard InChI is InChI=1S/C25H49N2O12/c1-25(2,3)39-22-16(13-29)37-24(20(34)18(22)32)38-21-15(12-28)36-23(19(33)17(21)31)35-9-7-8-26-10-14(30)11-27(4,5)6/h15-24,26,28-29,31-34H,7-13H2,1-6H3/q+1/t15?,16?,17-,18-,19?,20?,21+,22+,23-,24+/m0/s1. The number of aliphatic hydroxyl groups is 6. The quantitative estimate of drug-likeness (QED) is 0.0812. The van der Waals surface area contributed by atoms with Crippen molar-refractivity contribution in [1.82, 2.24) is 5.32 Å². The Labute approximate surface area is 230 Å². The number of rotatable bonds is 14. The summed E-state index contributed by atoms with van der Waals surface area (Å²) in [5.41, 5.74) is -0.705. The largest absolute Gasteiger partial charge is 0.394 e. The maximum Gasteiger partial charge on any atom is 0.200 e. The molecule has 0 aromatic rings. The van der Waals surface area contributed by atoms with Crippen molar-refractivity contribution in [1.29, 1.82) is 0 Å². The molecule has 2 saturated heterocycles. The number of nitrogens with zero attached hydrogens (tertiary/aromatic N) is 1. The number of nitrogens with one attached hydrogen (secondary N) is 1. The maximum absolute atomic E-state index is 11.9. The molecule has 0 saturated carbocycles. The molecular weight excluding hydrogens is 520 g/mol. The van der Waals surface area contributed by atoms with Gasteiger partial charge in [-0.1, -0.05) is 0 Å².